The van der Waals surface area contributed by atoms with Gasteiger partial charge in [-0.25, -0.2) is 0 Å². The molecule has 1 aromatic carbocycles. The van der Waals surface area contributed by atoms with Crippen LogP contribution in [0.2, 0.25) is 5.02 Å². The molecule has 2 heterocycles. The summed E-state index contributed by atoms with van der Waals surface area (Å²) in [5.41, 5.74) is 1.14. The van der Waals surface area contributed by atoms with E-state index in [0.717, 1.165) is 57.8 Å². The zero-order chi connectivity index (χ0) is 16.9. The van der Waals surface area contributed by atoms with Crippen LogP contribution in [-0.2, 0) is 4.74 Å². The lowest BCUT2D eigenvalue weighted by atomic mass is 9.85. The minimum absolute atomic E-state index is 0.295. The van der Waals surface area contributed by atoms with Gasteiger partial charge in [-0.2, -0.15) is 0 Å². The van der Waals surface area contributed by atoms with E-state index in [1.54, 1.807) is 14.2 Å². The first-order chi connectivity index (χ1) is 11.8. The van der Waals surface area contributed by atoms with Crippen molar-refractivity contribution in [2.24, 2.45) is 5.92 Å². The van der Waals surface area contributed by atoms with Crippen LogP contribution in [0, 0.1) is 5.92 Å². The summed E-state index contributed by atoms with van der Waals surface area (Å²) in [6.45, 7) is 5.77. The van der Waals surface area contributed by atoms with Gasteiger partial charge in [0.1, 0.15) is 0 Å². The van der Waals surface area contributed by atoms with Crippen molar-refractivity contribution >= 4 is 11.6 Å². The van der Waals surface area contributed by atoms with Crippen molar-refractivity contribution in [2.75, 3.05) is 53.6 Å². The fourth-order valence-corrected chi connectivity index (χ4v) is 4.22. The number of hydrogen-bond donors (Lipinski definition) is 1. The van der Waals surface area contributed by atoms with Crippen molar-refractivity contribution in [3.63, 3.8) is 0 Å². The van der Waals surface area contributed by atoms with E-state index in [1.165, 1.54) is 0 Å². The molecule has 5 nitrogen and oxygen atoms in total. The Labute approximate surface area is 149 Å². The maximum atomic E-state index is 6.75. The predicted molar refractivity (Wildman–Crippen MR) is 95.3 cm³/mol. The average Bonchev–Trinajstić information content (AvgIpc) is 2.65. The molecule has 3 rings (SSSR count). The van der Waals surface area contributed by atoms with Gasteiger partial charge in [0.15, 0.2) is 11.5 Å². The number of ether oxygens (including phenoxy) is 3. The van der Waals surface area contributed by atoms with Crippen molar-refractivity contribution in [3.05, 3.63) is 22.7 Å². The highest BCUT2D eigenvalue weighted by Gasteiger charge is 2.33. The number of halogens is 1. The Morgan fingerprint density at radius 1 is 1.17 bits per heavy atom. The van der Waals surface area contributed by atoms with Crippen molar-refractivity contribution in [3.8, 4) is 11.5 Å². The summed E-state index contributed by atoms with van der Waals surface area (Å²) in [5.74, 6) is 1.86. The second-order valence-electron chi connectivity index (χ2n) is 6.38. The van der Waals surface area contributed by atoms with Crippen molar-refractivity contribution in [2.45, 2.75) is 18.9 Å². The summed E-state index contributed by atoms with van der Waals surface area (Å²) < 4.78 is 16.5. The molecule has 0 saturated carbocycles. The lowest BCUT2D eigenvalue weighted by Crippen LogP contribution is -2.47. The first-order valence-corrected chi connectivity index (χ1v) is 9.07. The molecular weight excluding hydrogens is 328 g/mol. The lowest BCUT2D eigenvalue weighted by molar-refractivity contribution is 0.0213. The molecule has 0 bridgehead atoms. The van der Waals surface area contributed by atoms with Gasteiger partial charge in [-0.15, -0.1) is 0 Å². The van der Waals surface area contributed by atoms with Crippen LogP contribution in [0.1, 0.15) is 24.4 Å². The van der Waals surface area contributed by atoms with E-state index in [4.69, 9.17) is 25.8 Å². The van der Waals surface area contributed by atoms with Crippen LogP contribution in [-0.4, -0.2) is 58.5 Å². The largest absolute Gasteiger partial charge is 0.493 e. The standard InChI is InChI=1S/C18H27ClN2O3/c1-22-15-4-3-14(16(19)18(15)23-2)17(13-5-11-24-12-6-13)21-9-7-20-8-10-21/h3-4,13,17,20H,5-12H2,1-2H3/t17-/m0/s1. The first-order valence-electron chi connectivity index (χ1n) is 8.69. The highest BCUT2D eigenvalue weighted by molar-refractivity contribution is 6.33. The molecule has 24 heavy (non-hydrogen) atoms. The Morgan fingerprint density at radius 2 is 1.88 bits per heavy atom. The molecule has 2 aliphatic rings. The Balaban J connectivity index is 1.97. The van der Waals surface area contributed by atoms with E-state index in [-0.39, 0.29) is 0 Å². The second kappa shape index (κ2) is 8.39. The summed E-state index contributed by atoms with van der Waals surface area (Å²) in [7, 11) is 3.28. The van der Waals surface area contributed by atoms with Crippen LogP contribution in [0.5, 0.6) is 11.5 Å². The Kier molecular flexibility index (Phi) is 6.22. The number of hydrogen-bond acceptors (Lipinski definition) is 5. The fraction of sp³-hybridized carbons (Fsp3) is 0.667. The van der Waals surface area contributed by atoms with Gasteiger partial charge in [0.2, 0.25) is 0 Å². The Hall–Kier alpha value is -1.01. The molecule has 0 radical (unpaired) electrons. The number of piperazine rings is 1. The summed E-state index contributed by atoms with van der Waals surface area (Å²) in [6.07, 6.45) is 2.14. The third kappa shape index (κ3) is 3.64. The SMILES string of the molecule is COc1ccc([C@H](C2CCOCC2)N2CCNCC2)c(Cl)c1OC. The van der Waals surface area contributed by atoms with Gasteiger partial charge in [0, 0.05) is 45.4 Å². The molecule has 134 valence electrons. The molecule has 1 aromatic rings. The molecule has 0 amide bonds. The van der Waals surface area contributed by atoms with Crippen molar-refractivity contribution in [1.82, 2.24) is 10.2 Å². The normalized spacial score (nSPS) is 21.5. The smallest absolute Gasteiger partial charge is 0.179 e. The molecule has 2 fully saturated rings. The highest BCUT2D eigenvalue weighted by Crippen LogP contribution is 2.44. The molecule has 6 heteroatoms. The number of methoxy groups -OCH3 is 2. The number of nitrogens with one attached hydrogen (secondary N) is 1. The summed E-state index contributed by atoms with van der Waals surface area (Å²) in [6, 6.07) is 4.36. The summed E-state index contributed by atoms with van der Waals surface area (Å²) >= 11 is 6.75. The molecule has 0 spiro atoms. The first kappa shape index (κ1) is 17.8. The third-order valence-corrected chi connectivity index (χ3v) is 5.48. The van der Waals surface area contributed by atoms with Crippen LogP contribution in [0.25, 0.3) is 0 Å². The monoisotopic (exact) mass is 354 g/mol. The van der Waals surface area contributed by atoms with Crippen LogP contribution in [0.4, 0.5) is 0 Å². The third-order valence-electron chi connectivity index (χ3n) is 5.09. The van der Waals surface area contributed by atoms with Crippen molar-refractivity contribution < 1.29 is 14.2 Å². The summed E-state index contributed by atoms with van der Waals surface area (Å²) in [5, 5.41) is 4.11. The zero-order valence-corrected chi connectivity index (χ0v) is 15.3. The molecule has 0 aliphatic carbocycles. The van der Waals surface area contributed by atoms with Crippen LogP contribution in [0.15, 0.2) is 12.1 Å². The van der Waals surface area contributed by atoms with Gasteiger partial charge in [0.05, 0.1) is 19.2 Å². The van der Waals surface area contributed by atoms with Gasteiger partial charge < -0.3 is 19.5 Å². The maximum absolute atomic E-state index is 6.75. The van der Waals surface area contributed by atoms with Gasteiger partial charge in [-0.05, 0) is 30.4 Å². The zero-order valence-electron chi connectivity index (χ0n) is 14.5. The maximum Gasteiger partial charge on any atom is 0.179 e. The Bertz CT molecular complexity index is 525. The number of rotatable bonds is 5. The molecule has 0 unspecified atom stereocenters. The molecule has 0 aromatic heterocycles. The quantitative estimate of drug-likeness (QED) is 0.880. The van der Waals surface area contributed by atoms with Gasteiger partial charge in [0.25, 0.3) is 0 Å². The molecule has 1 N–H and O–H groups in total. The van der Waals surface area contributed by atoms with E-state index in [1.807, 2.05) is 6.07 Å². The van der Waals surface area contributed by atoms with Crippen LogP contribution >= 0.6 is 11.6 Å². The lowest BCUT2D eigenvalue weighted by Gasteiger charge is -2.41. The highest BCUT2D eigenvalue weighted by atomic mass is 35.5. The summed E-state index contributed by atoms with van der Waals surface area (Å²) in [4.78, 5) is 2.56. The van der Waals surface area contributed by atoms with E-state index < -0.39 is 0 Å². The average molecular weight is 355 g/mol. The number of nitrogens with zero attached hydrogens (tertiary/aromatic N) is 1. The molecule has 1 atom stereocenters. The van der Waals surface area contributed by atoms with Gasteiger partial charge >= 0.3 is 0 Å². The number of benzene rings is 1. The van der Waals surface area contributed by atoms with Gasteiger partial charge in [-0.1, -0.05) is 17.7 Å². The molecule has 2 saturated heterocycles. The van der Waals surface area contributed by atoms with E-state index in [0.29, 0.717) is 28.5 Å². The van der Waals surface area contributed by atoms with Gasteiger partial charge in [-0.3, -0.25) is 4.90 Å². The second-order valence-corrected chi connectivity index (χ2v) is 6.76. The van der Waals surface area contributed by atoms with E-state index in [9.17, 15) is 0 Å². The van der Waals surface area contributed by atoms with Crippen molar-refractivity contribution in [1.29, 1.82) is 0 Å². The van der Waals surface area contributed by atoms with Crippen LogP contribution in [0.3, 0.4) is 0 Å². The van der Waals surface area contributed by atoms with E-state index >= 15 is 0 Å². The molecular formula is C18H27ClN2O3. The molecule has 2 aliphatic heterocycles. The predicted octanol–water partition coefficient (Wildman–Crippen LogP) is 2.73. The van der Waals surface area contributed by atoms with E-state index in [2.05, 4.69) is 16.3 Å². The topological polar surface area (TPSA) is 43.0 Å². The Morgan fingerprint density at radius 3 is 2.50 bits per heavy atom. The van der Waals surface area contributed by atoms with Crippen LogP contribution < -0.4 is 14.8 Å². The minimum atomic E-state index is 0.295. The fourth-order valence-electron chi connectivity index (χ4n) is 3.87. The minimum Gasteiger partial charge on any atom is -0.493 e.